The van der Waals surface area contributed by atoms with Gasteiger partial charge in [-0.05, 0) is 32.1 Å². The van der Waals surface area contributed by atoms with Gasteiger partial charge in [-0.3, -0.25) is 4.57 Å². The number of nitrogens with zero attached hydrogens (tertiary/aromatic N) is 4. The third-order valence-corrected chi connectivity index (χ3v) is 5.59. The predicted molar refractivity (Wildman–Crippen MR) is 111 cm³/mol. The van der Waals surface area contributed by atoms with Gasteiger partial charge in [0.2, 0.25) is 11.9 Å². The third kappa shape index (κ3) is 4.09. The second-order valence-electron chi connectivity index (χ2n) is 7.86. The fraction of sp³-hybridized carbons (Fsp3) is 0.476. The van der Waals surface area contributed by atoms with Gasteiger partial charge >= 0.3 is 0 Å². The molecule has 3 heterocycles. The zero-order valence-corrected chi connectivity index (χ0v) is 16.9. The molecule has 0 spiro atoms. The molecule has 1 aliphatic carbocycles. The van der Waals surface area contributed by atoms with E-state index in [-0.39, 0.29) is 30.8 Å². The molecule has 1 saturated heterocycles. The number of hydrogen-bond acceptors (Lipinski definition) is 7. The molecule has 0 bridgehead atoms. The van der Waals surface area contributed by atoms with Crippen molar-refractivity contribution in [1.29, 1.82) is 0 Å². The maximum Gasteiger partial charge on any atom is 0.224 e. The standard InChI is InChI=1S/C21H23F3N6O2/c22-11-7-15(23)18(16(24)8-11)28-21-27-17-9-25-20(26-12-1-3-14(31)4-2-12)29-19(17)30(21)13-5-6-32-10-13/h7-9,12-14,31H,1-6,10H2,(H,27,28)(H,25,26,29)/i1D,4D. The van der Waals surface area contributed by atoms with Gasteiger partial charge in [0.1, 0.15) is 17.0 Å². The van der Waals surface area contributed by atoms with Gasteiger partial charge in [-0.2, -0.15) is 4.98 Å². The van der Waals surface area contributed by atoms with Gasteiger partial charge < -0.3 is 20.5 Å². The van der Waals surface area contributed by atoms with Gasteiger partial charge in [-0.15, -0.1) is 0 Å². The largest absolute Gasteiger partial charge is 0.393 e. The number of hydrogen-bond donors (Lipinski definition) is 3. The smallest absolute Gasteiger partial charge is 0.224 e. The van der Waals surface area contributed by atoms with E-state index in [0.717, 1.165) is 0 Å². The molecule has 170 valence electrons. The Bertz CT molecular complexity index is 1190. The lowest BCUT2D eigenvalue weighted by atomic mass is 9.93. The number of aliphatic hydroxyl groups excluding tert-OH is 1. The van der Waals surface area contributed by atoms with Crippen LogP contribution in [0, 0.1) is 17.5 Å². The number of aliphatic hydroxyl groups is 1. The average molecular weight is 450 g/mol. The van der Waals surface area contributed by atoms with Crippen molar-refractivity contribution in [1.82, 2.24) is 19.5 Å². The summed E-state index contributed by atoms with van der Waals surface area (Å²) in [6.07, 6.45) is 0.335. The summed E-state index contributed by atoms with van der Waals surface area (Å²) in [5, 5.41) is 15.5. The van der Waals surface area contributed by atoms with Gasteiger partial charge in [-0.25, -0.2) is 23.1 Å². The Balaban J connectivity index is 1.51. The van der Waals surface area contributed by atoms with Crippen molar-refractivity contribution in [3.8, 4) is 0 Å². The van der Waals surface area contributed by atoms with E-state index in [0.29, 0.717) is 42.9 Å². The molecule has 0 amide bonds. The first kappa shape index (κ1) is 18.6. The van der Waals surface area contributed by atoms with Crippen molar-refractivity contribution in [3.63, 3.8) is 0 Å². The molecule has 5 atom stereocenters. The second kappa shape index (κ2) is 8.55. The first-order valence-electron chi connectivity index (χ1n) is 11.5. The molecule has 11 heteroatoms. The minimum absolute atomic E-state index is 0.103. The Morgan fingerprint density at radius 1 is 1.12 bits per heavy atom. The summed E-state index contributed by atoms with van der Waals surface area (Å²) in [5.41, 5.74) is 0.212. The SMILES string of the molecule is [2H]C1CC(Nc2ncc3nc(Nc4c(F)cc(F)cc4F)n(C4CCOC4)c3n2)C([2H])CC1O. The lowest BCUT2D eigenvalue weighted by Crippen LogP contribution is -2.29. The number of rotatable bonds is 5. The Kier molecular flexibility index (Phi) is 4.98. The first-order valence-corrected chi connectivity index (χ1v) is 10.3. The Labute approximate surface area is 184 Å². The number of benzene rings is 1. The Morgan fingerprint density at radius 2 is 1.94 bits per heavy atom. The monoisotopic (exact) mass is 450 g/mol. The lowest BCUT2D eigenvalue weighted by molar-refractivity contribution is 0.126. The van der Waals surface area contributed by atoms with Crippen molar-refractivity contribution < 1.29 is 25.8 Å². The summed E-state index contributed by atoms with van der Waals surface area (Å²) in [7, 11) is 0. The molecule has 1 saturated carbocycles. The van der Waals surface area contributed by atoms with Crippen LogP contribution in [0.4, 0.5) is 30.8 Å². The van der Waals surface area contributed by atoms with Crippen LogP contribution in [-0.4, -0.2) is 50.0 Å². The molecular weight excluding hydrogens is 425 g/mol. The van der Waals surface area contributed by atoms with Crippen LogP contribution in [0.3, 0.4) is 0 Å². The summed E-state index contributed by atoms with van der Waals surface area (Å²) < 4.78 is 65.3. The molecule has 2 aliphatic rings. The highest BCUT2D eigenvalue weighted by molar-refractivity contribution is 5.76. The normalized spacial score (nSPS) is 29.1. The zero-order valence-electron chi connectivity index (χ0n) is 18.9. The number of fused-ring (bicyclic) bond motifs is 1. The van der Waals surface area contributed by atoms with Crippen LogP contribution in [0.25, 0.3) is 11.2 Å². The highest BCUT2D eigenvalue weighted by atomic mass is 19.1. The van der Waals surface area contributed by atoms with Crippen molar-refractivity contribution >= 4 is 28.7 Å². The number of nitrogens with one attached hydrogen (secondary N) is 2. The number of ether oxygens (including phenoxy) is 1. The fourth-order valence-electron chi connectivity index (χ4n) is 3.98. The minimum atomic E-state index is -1.10. The zero-order chi connectivity index (χ0) is 24.0. The summed E-state index contributed by atoms with van der Waals surface area (Å²) in [6.45, 7) is 0.839. The number of anilines is 3. The van der Waals surface area contributed by atoms with Gasteiger partial charge in [0.05, 0.1) is 24.9 Å². The molecule has 1 aliphatic heterocycles. The number of imidazole rings is 1. The summed E-state index contributed by atoms with van der Waals surface area (Å²) in [4.78, 5) is 13.2. The van der Waals surface area contributed by atoms with E-state index in [2.05, 4.69) is 25.6 Å². The molecular formula is C21H23F3N6O2. The number of aromatic nitrogens is 4. The Hall–Kier alpha value is -2.92. The predicted octanol–water partition coefficient (Wildman–Crippen LogP) is 3.66. The lowest BCUT2D eigenvalue weighted by Gasteiger charge is -2.26. The van der Waals surface area contributed by atoms with Gasteiger partial charge in [0.15, 0.2) is 17.3 Å². The van der Waals surface area contributed by atoms with Crippen LogP contribution in [0.15, 0.2) is 18.3 Å². The van der Waals surface area contributed by atoms with Crippen LogP contribution in [0.2, 0.25) is 0 Å². The van der Waals surface area contributed by atoms with Gasteiger partial charge in [0, 0.05) is 27.5 Å². The second-order valence-corrected chi connectivity index (χ2v) is 7.86. The quantitative estimate of drug-likeness (QED) is 0.546. The highest BCUT2D eigenvalue weighted by Crippen LogP contribution is 2.32. The van der Waals surface area contributed by atoms with Crippen molar-refractivity contribution in [2.45, 2.75) is 50.2 Å². The molecule has 1 aromatic carbocycles. The molecule has 2 aromatic heterocycles. The van der Waals surface area contributed by atoms with Crippen molar-refractivity contribution in [2.75, 3.05) is 23.8 Å². The first-order chi connectivity index (χ1) is 16.3. The van der Waals surface area contributed by atoms with Gasteiger partial charge in [0.25, 0.3) is 0 Å². The van der Waals surface area contributed by atoms with E-state index in [1.165, 1.54) is 6.20 Å². The van der Waals surface area contributed by atoms with Crippen molar-refractivity contribution in [2.24, 2.45) is 0 Å². The van der Waals surface area contributed by atoms with E-state index in [1.54, 1.807) is 4.57 Å². The maximum absolute atomic E-state index is 14.3. The van der Waals surface area contributed by atoms with E-state index < -0.39 is 48.1 Å². The number of halogens is 3. The van der Waals surface area contributed by atoms with E-state index in [9.17, 15) is 18.3 Å². The molecule has 0 radical (unpaired) electrons. The summed E-state index contributed by atoms with van der Waals surface area (Å²) in [6, 6.07) is 0.524. The van der Waals surface area contributed by atoms with Crippen LogP contribution >= 0.6 is 0 Å². The van der Waals surface area contributed by atoms with E-state index in [1.807, 2.05) is 0 Å². The average Bonchev–Trinajstić information content (AvgIpc) is 3.41. The van der Waals surface area contributed by atoms with Crippen LogP contribution in [0.5, 0.6) is 0 Å². The molecule has 5 unspecified atom stereocenters. The van der Waals surface area contributed by atoms with Crippen LogP contribution in [-0.2, 0) is 4.74 Å². The molecule has 5 rings (SSSR count). The summed E-state index contributed by atoms with van der Waals surface area (Å²) >= 11 is 0. The molecule has 3 N–H and O–H groups in total. The van der Waals surface area contributed by atoms with Gasteiger partial charge in [-0.1, -0.05) is 0 Å². The summed E-state index contributed by atoms with van der Waals surface area (Å²) in [5.74, 6) is -2.91. The molecule has 32 heavy (non-hydrogen) atoms. The van der Waals surface area contributed by atoms with Crippen molar-refractivity contribution in [3.05, 3.63) is 35.8 Å². The molecule has 2 fully saturated rings. The topological polar surface area (TPSA) is 97.1 Å². The third-order valence-electron chi connectivity index (χ3n) is 5.59. The minimum Gasteiger partial charge on any atom is -0.393 e. The van der Waals surface area contributed by atoms with E-state index in [4.69, 9.17) is 7.48 Å². The maximum atomic E-state index is 14.3. The van der Waals surface area contributed by atoms with Crippen LogP contribution in [0.1, 0.15) is 40.8 Å². The molecule has 8 nitrogen and oxygen atoms in total. The Morgan fingerprint density at radius 3 is 2.69 bits per heavy atom. The highest BCUT2D eigenvalue weighted by Gasteiger charge is 2.27. The van der Waals surface area contributed by atoms with Crippen LogP contribution < -0.4 is 10.6 Å². The van der Waals surface area contributed by atoms with E-state index >= 15 is 0 Å². The fourth-order valence-corrected chi connectivity index (χ4v) is 3.98. The molecule has 3 aromatic rings.